The number of hydrogen-bond acceptors (Lipinski definition) is 6. The molecule has 1 aliphatic rings. The maximum Gasteiger partial charge on any atom is 0.164 e. The first-order chi connectivity index (χ1) is 11.8. The quantitative estimate of drug-likeness (QED) is 0.602. The van der Waals surface area contributed by atoms with Gasteiger partial charge in [0.15, 0.2) is 15.7 Å². The van der Waals surface area contributed by atoms with Gasteiger partial charge in [-0.2, -0.15) is 0 Å². The minimum Gasteiger partial charge on any atom is -0.396 e. The van der Waals surface area contributed by atoms with Crippen LogP contribution < -0.4 is 5.32 Å². The normalized spacial score (nSPS) is 15.2. The topological polar surface area (TPSA) is 92.2 Å². The number of rotatable bonds is 5. The second-order valence-electron chi connectivity index (χ2n) is 5.60. The highest BCUT2D eigenvalue weighted by molar-refractivity contribution is 7.90. The highest BCUT2D eigenvalue weighted by Crippen LogP contribution is 2.33. The number of fused-ring (bicyclic) bond motifs is 1. The number of halogens is 3. The van der Waals surface area contributed by atoms with Crippen molar-refractivity contribution in [2.75, 3.05) is 18.5 Å². The summed E-state index contributed by atoms with van der Waals surface area (Å²) in [5.41, 5.74) is 0.460. The van der Waals surface area contributed by atoms with Crippen LogP contribution in [0.3, 0.4) is 0 Å². The zero-order chi connectivity index (χ0) is 18.2. The molecule has 1 aromatic carbocycles. The van der Waals surface area contributed by atoms with Crippen LogP contribution in [0.15, 0.2) is 12.1 Å². The lowest BCUT2D eigenvalue weighted by molar-refractivity contribution is 0.292. The third-order valence-electron chi connectivity index (χ3n) is 3.69. The Morgan fingerprint density at radius 1 is 1.20 bits per heavy atom. The molecule has 134 valence electrons. The van der Waals surface area contributed by atoms with E-state index in [0.717, 1.165) is 12.1 Å². The van der Waals surface area contributed by atoms with E-state index in [1.807, 2.05) is 0 Å². The second kappa shape index (κ2) is 6.81. The van der Waals surface area contributed by atoms with E-state index in [1.165, 1.54) is 0 Å². The summed E-state index contributed by atoms with van der Waals surface area (Å²) in [6.07, 6.45) is 0.421. The van der Waals surface area contributed by atoms with Gasteiger partial charge in [-0.15, -0.1) is 0 Å². The van der Waals surface area contributed by atoms with Gasteiger partial charge in [-0.1, -0.05) is 11.6 Å². The Bertz CT molecular complexity index is 938. The molecule has 0 fully saturated rings. The van der Waals surface area contributed by atoms with Gasteiger partial charge in [-0.05, 0) is 18.6 Å². The Balaban J connectivity index is 2.10. The zero-order valence-corrected chi connectivity index (χ0v) is 14.5. The van der Waals surface area contributed by atoms with Crippen molar-refractivity contribution < 1.29 is 22.3 Å². The summed E-state index contributed by atoms with van der Waals surface area (Å²) in [6, 6.07) is 1.69. The van der Waals surface area contributed by atoms with Crippen LogP contribution in [0.1, 0.15) is 17.7 Å². The summed E-state index contributed by atoms with van der Waals surface area (Å²) in [5, 5.41) is 11.4. The Morgan fingerprint density at radius 2 is 1.96 bits per heavy atom. The molecule has 2 N–H and O–H groups in total. The molecule has 2 aromatic rings. The highest BCUT2D eigenvalue weighted by atomic mass is 35.5. The molecule has 3 rings (SSSR count). The van der Waals surface area contributed by atoms with Crippen LogP contribution in [0.25, 0.3) is 11.4 Å². The average molecular weight is 390 g/mol. The number of aromatic nitrogens is 2. The van der Waals surface area contributed by atoms with E-state index in [0.29, 0.717) is 18.5 Å². The molecule has 0 unspecified atom stereocenters. The third kappa shape index (κ3) is 3.73. The maximum atomic E-state index is 14.2. The molecule has 2 heterocycles. The molecule has 0 bridgehead atoms. The Morgan fingerprint density at radius 3 is 2.68 bits per heavy atom. The Labute approximate surface area is 147 Å². The monoisotopic (exact) mass is 389 g/mol. The van der Waals surface area contributed by atoms with E-state index in [1.54, 1.807) is 0 Å². The summed E-state index contributed by atoms with van der Waals surface area (Å²) in [4.78, 5) is 8.28. The van der Waals surface area contributed by atoms with Crippen molar-refractivity contribution in [3.05, 3.63) is 40.0 Å². The fourth-order valence-electron chi connectivity index (χ4n) is 2.53. The molecule has 0 saturated heterocycles. The lowest BCUT2D eigenvalue weighted by Gasteiger charge is -2.12. The van der Waals surface area contributed by atoms with Crippen molar-refractivity contribution in [2.24, 2.45) is 0 Å². The molecule has 1 aliphatic heterocycles. The summed E-state index contributed by atoms with van der Waals surface area (Å²) in [5.74, 6) is -2.04. The standard InChI is InChI=1S/C15H14ClF2N3O3S/c16-10-5-11(17)8(4-12(10)18)15-20-13-7-25(23,24)6-9(13)14(21-15)19-2-1-3-22/h4-5,22H,1-3,6-7H2,(H,19,20,21). The van der Waals surface area contributed by atoms with E-state index in [2.05, 4.69) is 15.3 Å². The van der Waals surface area contributed by atoms with Crippen molar-refractivity contribution in [3.63, 3.8) is 0 Å². The summed E-state index contributed by atoms with van der Waals surface area (Å²) in [7, 11) is -3.36. The number of sulfone groups is 1. The number of anilines is 1. The zero-order valence-electron chi connectivity index (χ0n) is 12.9. The van der Waals surface area contributed by atoms with E-state index in [9.17, 15) is 17.2 Å². The lowest BCUT2D eigenvalue weighted by atomic mass is 10.1. The fraction of sp³-hybridized carbons (Fsp3) is 0.333. The number of benzene rings is 1. The van der Waals surface area contributed by atoms with Crippen molar-refractivity contribution >= 4 is 27.3 Å². The Hall–Kier alpha value is -1.84. The molecular weight excluding hydrogens is 376 g/mol. The van der Waals surface area contributed by atoms with Gasteiger partial charge in [0.05, 0.1) is 27.8 Å². The minimum atomic E-state index is -3.36. The average Bonchev–Trinajstić information content (AvgIpc) is 2.85. The highest BCUT2D eigenvalue weighted by Gasteiger charge is 2.30. The molecule has 10 heteroatoms. The molecule has 0 aliphatic carbocycles. The van der Waals surface area contributed by atoms with Crippen LogP contribution in [0, 0.1) is 11.6 Å². The van der Waals surface area contributed by atoms with Crippen LogP contribution in [-0.2, 0) is 21.3 Å². The van der Waals surface area contributed by atoms with E-state index in [4.69, 9.17) is 16.7 Å². The fourth-order valence-corrected chi connectivity index (χ4v) is 4.18. The molecule has 1 aromatic heterocycles. The maximum absolute atomic E-state index is 14.2. The van der Waals surface area contributed by atoms with Gasteiger partial charge in [0, 0.05) is 18.7 Å². The molecule has 0 radical (unpaired) electrons. The van der Waals surface area contributed by atoms with Gasteiger partial charge < -0.3 is 10.4 Å². The molecule has 0 saturated carbocycles. The summed E-state index contributed by atoms with van der Waals surface area (Å²) >= 11 is 5.55. The first-order valence-electron chi connectivity index (χ1n) is 7.40. The molecule has 0 amide bonds. The molecule has 25 heavy (non-hydrogen) atoms. The SMILES string of the molecule is O=S1(=O)Cc2nc(-c3cc(F)c(Cl)cc3F)nc(NCCCO)c2C1. The number of aliphatic hydroxyl groups is 1. The minimum absolute atomic E-state index is 0.0531. The van der Waals surface area contributed by atoms with Crippen molar-refractivity contribution in [3.8, 4) is 11.4 Å². The Kier molecular flexibility index (Phi) is 4.90. The molecular formula is C15H14ClF2N3O3S. The smallest absolute Gasteiger partial charge is 0.164 e. The van der Waals surface area contributed by atoms with Crippen LogP contribution >= 0.6 is 11.6 Å². The first kappa shape index (κ1) is 18.0. The molecule has 0 atom stereocenters. The van der Waals surface area contributed by atoms with Gasteiger partial charge >= 0.3 is 0 Å². The van der Waals surface area contributed by atoms with Gasteiger partial charge in [-0.3, -0.25) is 0 Å². The summed E-state index contributed by atoms with van der Waals surface area (Å²) < 4.78 is 51.6. The number of hydrogen-bond donors (Lipinski definition) is 2. The predicted molar refractivity (Wildman–Crippen MR) is 88.9 cm³/mol. The number of aliphatic hydroxyl groups excluding tert-OH is 1. The predicted octanol–water partition coefficient (Wildman–Crippen LogP) is 2.30. The van der Waals surface area contributed by atoms with Gasteiger partial charge in [0.25, 0.3) is 0 Å². The van der Waals surface area contributed by atoms with Crippen LogP contribution in [0.4, 0.5) is 14.6 Å². The van der Waals surface area contributed by atoms with Crippen molar-refractivity contribution in [2.45, 2.75) is 17.9 Å². The van der Waals surface area contributed by atoms with Crippen LogP contribution in [0.2, 0.25) is 5.02 Å². The lowest BCUT2D eigenvalue weighted by Crippen LogP contribution is -2.10. The van der Waals surface area contributed by atoms with Crippen LogP contribution in [0.5, 0.6) is 0 Å². The molecule has 0 spiro atoms. The van der Waals surface area contributed by atoms with Crippen molar-refractivity contribution in [1.29, 1.82) is 0 Å². The van der Waals surface area contributed by atoms with Gasteiger partial charge in [-0.25, -0.2) is 27.2 Å². The second-order valence-corrected chi connectivity index (χ2v) is 8.08. The van der Waals surface area contributed by atoms with E-state index >= 15 is 0 Å². The van der Waals surface area contributed by atoms with Crippen molar-refractivity contribution in [1.82, 2.24) is 9.97 Å². The largest absolute Gasteiger partial charge is 0.396 e. The van der Waals surface area contributed by atoms with Gasteiger partial charge in [0.2, 0.25) is 0 Å². The molecule has 6 nitrogen and oxygen atoms in total. The van der Waals surface area contributed by atoms with Crippen LogP contribution in [-0.4, -0.2) is 36.6 Å². The first-order valence-corrected chi connectivity index (χ1v) is 9.60. The van der Waals surface area contributed by atoms with E-state index in [-0.39, 0.29) is 46.0 Å². The van der Waals surface area contributed by atoms with E-state index < -0.39 is 21.5 Å². The van der Waals surface area contributed by atoms with Gasteiger partial charge in [0.1, 0.15) is 17.5 Å². The number of nitrogens with one attached hydrogen (secondary N) is 1. The third-order valence-corrected chi connectivity index (χ3v) is 5.42. The summed E-state index contributed by atoms with van der Waals surface area (Å²) in [6.45, 7) is 0.291. The number of nitrogens with zero attached hydrogens (tertiary/aromatic N) is 2.